The molecule has 0 bridgehead atoms. The first-order valence-electron chi connectivity index (χ1n) is 19.7. The summed E-state index contributed by atoms with van der Waals surface area (Å²) in [5.74, 6) is 0.708. The molecule has 9 nitrogen and oxygen atoms in total. The Kier molecular flexibility index (Phi) is 10.9. The third-order valence-corrected chi connectivity index (χ3v) is 11.6. The summed E-state index contributed by atoms with van der Waals surface area (Å²) < 4.78 is 13.8. The van der Waals surface area contributed by atoms with E-state index in [0.717, 1.165) is 98.3 Å². The van der Waals surface area contributed by atoms with E-state index in [1.807, 2.05) is 81.6 Å². The Morgan fingerprint density at radius 1 is 0.873 bits per heavy atom. The molecule has 3 aliphatic heterocycles. The molecule has 284 valence electrons. The number of rotatable bonds is 10. The summed E-state index contributed by atoms with van der Waals surface area (Å²) in [5.41, 5.74) is 10.7. The van der Waals surface area contributed by atoms with Gasteiger partial charge in [0.15, 0.2) is 0 Å². The Labute approximate surface area is 324 Å². The molecule has 1 saturated heterocycles. The van der Waals surface area contributed by atoms with Gasteiger partial charge in [-0.25, -0.2) is 0 Å². The van der Waals surface area contributed by atoms with Crippen molar-refractivity contribution in [2.24, 2.45) is 7.05 Å². The summed E-state index contributed by atoms with van der Waals surface area (Å²) in [6.07, 6.45) is 1.70. The predicted octanol–water partition coefficient (Wildman–Crippen LogP) is 6.79. The molecule has 1 atom stereocenters. The lowest BCUT2D eigenvalue weighted by molar-refractivity contribution is 0.0193. The molecule has 5 aromatic rings. The average Bonchev–Trinajstić information content (AvgIpc) is 3.53. The van der Waals surface area contributed by atoms with Crippen LogP contribution in [0.25, 0.3) is 11.3 Å². The number of ether oxygens (including phenoxy) is 2. The second kappa shape index (κ2) is 16.3. The largest absolute Gasteiger partial charge is 0.489 e. The number of fused-ring (bicyclic) bond motifs is 2. The minimum absolute atomic E-state index is 0.0306. The molecule has 8 rings (SSSR count). The van der Waals surface area contributed by atoms with E-state index in [1.165, 1.54) is 16.7 Å². The summed E-state index contributed by atoms with van der Waals surface area (Å²) >= 11 is 0. The second-order valence-electron chi connectivity index (χ2n) is 15.0. The van der Waals surface area contributed by atoms with E-state index in [-0.39, 0.29) is 17.9 Å². The molecule has 55 heavy (non-hydrogen) atoms. The molecule has 4 aromatic carbocycles. The van der Waals surface area contributed by atoms with Crippen LogP contribution < -0.4 is 15.0 Å². The molecule has 9 heteroatoms. The molecular formula is C46H51N5O4. The van der Waals surface area contributed by atoms with Crippen molar-refractivity contribution in [2.75, 3.05) is 50.8 Å². The number of nitrogens with one attached hydrogen (secondary N) is 1. The number of amides is 2. The molecule has 1 N–H and O–H groups in total. The van der Waals surface area contributed by atoms with Gasteiger partial charge in [-0.3, -0.25) is 14.5 Å². The van der Waals surface area contributed by atoms with Crippen molar-refractivity contribution in [3.8, 4) is 17.0 Å². The summed E-state index contributed by atoms with van der Waals surface area (Å²) in [6.45, 7) is 11.1. The molecule has 0 spiro atoms. The fraction of sp³-hybridized carbons (Fsp3) is 0.348. The quantitative estimate of drug-likeness (QED) is 0.170. The highest BCUT2D eigenvalue weighted by Crippen LogP contribution is 2.35. The second-order valence-corrected chi connectivity index (χ2v) is 15.0. The Bertz CT molecular complexity index is 2160. The van der Waals surface area contributed by atoms with E-state index < -0.39 is 0 Å². The average molecular weight is 738 g/mol. The maximum Gasteiger partial charge on any atom is 0.260 e. The Morgan fingerprint density at radius 2 is 1.62 bits per heavy atom. The van der Waals surface area contributed by atoms with Crippen molar-refractivity contribution in [3.63, 3.8) is 0 Å². The Morgan fingerprint density at radius 3 is 2.38 bits per heavy atom. The van der Waals surface area contributed by atoms with E-state index >= 15 is 4.79 Å². The Balaban J connectivity index is 1.11. The van der Waals surface area contributed by atoms with Crippen LogP contribution >= 0.6 is 0 Å². The van der Waals surface area contributed by atoms with Crippen molar-refractivity contribution in [2.45, 2.75) is 52.4 Å². The molecule has 4 heterocycles. The normalized spacial score (nSPS) is 17.0. The van der Waals surface area contributed by atoms with Crippen molar-refractivity contribution in [1.82, 2.24) is 19.7 Å². The predicted molar refractivity (Wildman–Crippen MR) is 217 cm³/mol. The smallest absolute Gasteiger partial charge is 0.260 e. The van der Waals surface area contributed by atoms with Crippen LogP contribution in [-0.4, -0.2) is 78.2 Å². The number of aromatic nitrogens is 1. The maximum absolute atomic E-state index is 15.1. The van der Waals surface area contributed by atoms with Gasteiger partial charge >= 0.3 is 0 Å². The van der Waals surface area contributed by atoms with E-state index in [1.54, 1.807) is 4.90 Å². The topological polar surface area (TPSA) is 79.3 Å². The van der Waals surface area contributed by atoms with E-state index in [2.05, 4.69) is 56.1 Å². The van der Waals surface area contributed by atoms with Crippen LogP contribution in [0, 0.1) is 6.92 Å². The number of morpholine rings is 1. The van der Waals surface area contributed by atoms with Gasteiger partial charge in [0.25, 0.3) is 11.8 Å². The zero-order valence-electron chi connectivity index (χ0n) is 32.2. The standard InChI is InChI=1S/C46H51N5O4/c1-4-50(38-14-16-40(17-15-38)55-31-33-10-6-5-7-11-33)45(52)41-27-44(48(3)32(41)2)42-25-35-18-19-47-28-37(35)26-43(42)46(53)51-29-36-13-9-8-12-34(36)24-39(51)30-49-20-22-54-23-21-49/h5-17,25-27,39,47H,4,18-24,28-31H2,1-3H3/t39-/m0/s1. The van der Waals surface area contributed by atoms with Crippen LogP contribution in [-0.2, 0) is 44.3 Å². The summed E-state index contributed by atoms with van der Waals surface area (Å²) in [4.78, 5) is 35.9. The first-order chi connectivity index (χ1) is 26.9. The van der Waals surface area contributed by atoms with Crippen LogP contribution in [0.1, 0.15) is 61.2 Å². The highest BCUT2D eigenvalue weighted by molar-refractivity contribution is 6.08. The molecule has 1 aromatic heterocycles. The lowest BCUT2D eigenvalue weighted by Gasteiger charge is -2.41. The number of carbonyl (C=O) groups is 2. The molecule has 0 saturated carbocycles. The maximum atomic E-state index is 15.1. The van der Waals surface area contributed by atoms with Crippen LogP contribution in [0.4, 0.5) is 5.69 Å². The van der Waals surface area contributed by atoms with Gasteiger partial charge in [0, 0.05) is 80.6 Å². The lowest BCUT2D eigenvalue weighted by Crippen LogP contribution is -2.52. The molecule has 0 aliphatic carbocycles. The number of hydrogen-bond donors (Lipinski definition) is 1. The summed E-state index contributed by atoms with van der Waals surface area (Å²) in [5, 5.41) is 3.51. The summed E-state index contributed by atoms with van der Waals surface area (Å²) in [7, 11) is 2.00. The number of nitrogens with zero attached hydrogens (tertiary/aromatic N) is 4. The highest BCUT2D eigenvalue weighted by Gasteiger charge is 2.34. The fourth-order valence-electron chi connectivity index (χ4n) is 8.37. The van der Waals surface area contributed by atoms with E-state index in [9.17, 15) is 4.79 Å². The molecule has 2 amide bonds. The molecule has 1 fully saturated rings. The van der Waals surface area contributed by atoms with Gasteiger partial charge in [-0.1, -0.05) is 54.6 Å². The highest BCUT2D eigenvalue weighted by atomic mass is 16.5. The zero-order valence-corrected chi connectivity index (χ0v) is 32.2. The molecule has 3 aliphatic rings. The van der Waals surface area contributed by atoms with E-state index in [0.29, 0.717) is 30.8 Å². The third-order valence-electron chi connectivity index (χ3n) is 11.6. The minimum Gasteiger partial charge on any atom is -0.489 e. The first kappa shape index (κ1) is 36.7. The van der Waals surface area contributed by atoms with Crippen molar-refractivity contribution < 1.29 is 19.1 Å². The van der Waals surface area contributed by atoms with Crippen LogP contribution in [0.3, 0.4) is 0 Å². The van der Waals surface area contributed by atoms with Crippen molar-refractivity contribution in [3.05, 3.63) is 142 Å². The van der Waals surface area contributed by atoms with Gasteiger partial charge in [-0.2, -0.15) is 0 Å². The first-order valence-corrected chi connectivity index (χ1v) is 19.7. The van der Waals surface area contributed by atoms with Gasteiger partial charge in [0.1, 0.15) is 12.4 Å². The Hall–Kier alpha value is -5.22. The number of anilines is 1. The third kappa shape index (κ3) is 7.70. The van der Waals surface area contributed by atoms with Crippen LogP contribution in [0.2, 0.25) is 0 Å². The van der Waals surface area contributed by atoms with Crippen LogP contribution in [0.5, 0.6) is 5.75 Å². The minimum atomic E-state index is -0.0759. The summed E-state index contributed by atoms with van der Waals surface area (Å²) in [6, 6.07) is 32.7. The van der Waals surface area contributed by atoms with E-state index in [4.69, 9.17) is 9.47 Å². The van der Waals surface area contributed by atoms with Crippen molar-refractivity contribution in [1.29, 1.82) is 0 Å². The SMILES string of the molecule is CCN(C(=O)c1cc(-c2cc3c(cc2C(=O)N2Cc4ccccc4C[C@H]2CN2CCOCC2)CNCC3)n(C)c1C)c1ccc(OCc2ccccc2)cc1. The van der Waals surface area contributed by atoms with Gasteiger partial charge in [-0.15, -0.1) is 0 Å². The van der Waals surface area contributed by atoms with Gasteiger partial charge in [0.2, 0.25) is 0 Å². The van der Waals surface area contributed by atoms with Gasteiger partial charge in [-0.05, 0) is 104 Å². The number of benzene rings is 4. The number of hydrogen-bond acceptors (Lipinski definition) is 6. The zero-order chi connectivity index (χ0) is 37.9. The van der Waals surface area contributed by atoms with Gasteiger partial charge in [0.05, 0.1) is 18.8 Å². The van der Waals surface area contributed by atoms with Gasteiger partial charge < -0.3 is 29.2 Å². The monoisotopic (exact) mass is 737 g/mol. The lowest BCUT2D eigenvalue weighted by atomic mass is 9.89. The molecule has 0 unspecified atom stereocenters. The molecular weight excluding hydrogens is 687 g/mol. The fourth-order valence-corrected chi connectivity index (χ4v) is 8.37. The van der Waals surface area contributed by atoms with Crippen molar-refractivity contribution >= 4 is 17.5 Å². The molecule has 0 radical (unpaired) electrons. The number of carbonyl (C=O) groups excluding carboxylic acids is 2. The van der Waals surface area contributed by atoms with Crippen LogP contribution in [0.15, 0.2) is 97.1 Å².